The van der Waals surface area contributed by atoms with Gasteiger partial charge in [-0.3, -0.25) is 0 Å². The van der Waals surface area contributed by atoms with Crippen LogP contribution < -0.4 is 4.74 Å². The number of hydrogen-bond acceptors (Lipinski definition) is 1. The number of benzene rings is 2. The first-order chi connectivity index (χ1) is 9.04. The van der Waals surface area contributed by atoms with Gasteiger partial charge in [-0.05, 0) is 29.3 Å². The van der Waals surface area contributed by atoms with E-state index in [9.17, 15) is 0 Å². The summed E-state index contributed by atoms with van der Waals surface area (Å²) in [4.78, 5) is -0.0426. The van der Waals surface area contributed by atoms with Crippen molar-refractivity contribution in [1.82, 2.24) is 0 Å². The highest BCUT2D eigenvalue weighted by Gasteiger charge is 2.18. The molecule has 100 valence electrons. The number of methoxy groups -OCH3 is 1. The lowest BCUT2D eigenvalue weighted by Crippen LogP contribution is -1.96. The van der Waals surface area contributed by atoms with Gasteiger partial charge in [0, 0.05) is 4.47 Å². The van der Waals surface area contributed by atoms with Crippen LogP contribution in [0.4, 0.5) is 0 Å². The zero-order valence-corrected chi connectivity index (χ0v) is 14.6. The van der Waals surface area contributed by atoms with Crippen molar-refractivity contribution in [1.29, 1.82) is 0 Å². The van der Waals surface area contributed by atoms with Crippen LogP contribution in [0, 0.1) is 0 Å². The van der Waals surface area contributed by atoms with Crippen molar-refractivity contribution in [2.45, 2.75) is 4.83 Å². The molecule has 0 fully saturated rings. The van der Waals surface area contributed by atoms with Crippen molar-refractivity contribution in [3.63, 3.8) is 0 Å². The Labute approximate surface area is 139 Å². The minimum absolute atomic E-state index is 0.0426. The third-order valence-corrected chi connectivity index (χ3v) is 5.24. The molecular formula is C14H10Br2Cl2O. The summed E-state index contributed by atoms with van der Waals surface area (Å²) in [6.45, 7) is 0. The van der Waals surface area contributed by atoms with E-state index in [1.807, 2.05) is 30.3 Å². The SMILES string of the molecule is COc1ccc(C(Br)c2cccc(Cl)c2Cl)c(Br)c1. The molecule has 1 nitrogen and oxygen atoms in total. The third-order valence-electron chi connectivity index (χ3n) is 2.74. The zero-order chi connectivity index (χ0) is 14.0. The summed E-state index contributed by atoms with van der Waals surface area (Å²) in [6, 6.07) is 11.4. The molecule has 0 amide bonds. The van der Waals surface area contributed by atoms with Gasteiger partial charge in [0.1, 0.15) is 5.75 Å². The van der Waals surface area contributed by atoms with Crippen LogP contribution in [0.3, 0.4) is 0 Å². The Hall–Kier alpha value is -0.220. The fraction of sp³-hybridized carbons (Fsp3) is 0.143. The molecule has 1 unspecified atom stereocenters. The number of ether oxygens (including phenoxy) is 1. The van der Waals surface area contributed by atoms with Crippen LogP contribution in [0.25, 0.3) is 0 Å². The number of alkyl halides is 1. The quantitative estimate of drug-likeness (QED) is 0.529. The van der Waals surface area contributed by atoms with Crippen molar-refractivity contribution < 1.29 is 4.74 Å². The van der Waals surface area contributed by atoms with Crippen molar-refractivity contribution in [2.75, 3.05) is 7.11 Å². The number of rotatable bonds is 3. The number of hydrogen-bond donors (Lipinski definition) is 0. The molecule has 0 spiro atoms. The maximum absolute atomic E-state index is 6.25. The van der Waals surface area contributed by atoms with E-state index in [-0.39, 0.29) is 4.83 Å². The van der Waals surface area contributed by atoms with Gasteiger partial charge in [-0.1, -0.05) is 73.3 Å². The smallest absolute Gasteiger partial charge is 0.120 e. The van der Waals surface area contributed by atoms with E-state index in [2.05, 4.69) is 31.9 Å². The first kappa shape index (κ1) is 15.2. The lowest BCUT2D eigenvalue weighted by molar-refractivity contribution is 0.414. The molecule has 0 saturated heterocycles. The largest absolute Gasteiger partial charge is 0.497 e. The van der Waals surface area contributed by atoms with Gasteiger partial charge in [0.25, 0.3) is 0 Å². The summed E-state index contributed by atoms with van der Waals surface area (Å²) in [5, 5.41) is 1.11. The molecule has 19 heavy (non-hydrogen) atoms. The van der Waals surface area contributed by atoms with Gasteiger partial charge in [-0.15, -0.1) is 0 Å². The van der Waals surface area contributed by atoms with Gasteiger partial charge < -0.3 is 4.74 Å². The summed E-state index contributed by atoms with van der Waals surface area (Å²) in [5.41, 5.74) is 1.99. The van der Waals surface area contributed by atoms with E-state index >= 15 is 0 Å². The maximum Gasteiger partial charge on any atom is 0.120 e. The second-order valence-corrected chi connectivity index (χ2v) is 6.45. The average Bonchev–Trinajstić information content (AvgIpc) is 2.41. The fourth-order valence-corrected chi connectivity index (χ4v) is 3.95. The monoisotopic (exact) mass is 422 g/mol. The van der Waals surface area contributed by atoms with E-state index < -0.39 is 0 Å². The second-order valence-electron chi connectivity index (χ2n) is 3.89. The van der Waals surface area contributed by atoms with Crippen molar-refractivity contribution in [3.8, 4) is 5.75 Å². The molecule has 2 rings (SSSR count). The van der Waals surface area contributed by atoms with Gasteiger partial charge in [0.15, 0.2) is 0 Å². The highest BCUT2D eigenvalue weighted by Crippen LogP contribution is 2.41. The van der Waals surface area contributed by atoms with Gasteiger partial charge >= 0.3 is 0 Å². The normalized spacial score (nSPS) is 12.3. The fourth-order valence-electron chi connectivity index (χ4n) is 1.72. The molecule has 0 aromatic heterocycles. The molecule has 2 aromatic rings. The molecule has 0 aliphatic rings. The highest BCUT2D eigenvalue weighted by molar-refractivity contribution is 9.11. The van der Waals surface area contributed by atoms with Crippen LogP contribution in [0.5, 0.6) is 5.75 Å². The molecule has 0 radical (unpaired) electrons. The summed E-state index contributed by atoms with van der Waals surface area (Å²) < 4.78 is 6.13. The standard InChI is InChI=1S/C14H10Br2Cl2O/c1-19-8-5-6-9(11(15)7-8)13(16)10-3-2-4-12(17)14(10)18/h2-7,13H,1H3. The molecule has 0 heterocycles. The Balaban J connectivity index is 2.44. The summed E-state index contributed by atoms with van der Waals surface area (Å²) >= 11 is 19.5. The molecule has 0 bridgehead atoms. The van der Waals surface area contributed by atoms with Crippen molar-refractivity contribution in [3.05, 3.63) is 62.0 Å². The van der Waals surface area contributed by atoms with Crippen LogP contribution in [-0.4, -0.2) is 7.11 Å². The minimum Gasteiger partial charge on any atom is -0.497 e. The molecule has 0 aliphatic carbocycles. The Morgan fingerprint density at radius 2 is 1.84 bits per heavy atom. The summed E-state index contributed by atoms with van der Waals surface area (Å²) in [6.07, 6.45) is 0. The first-order valence-electron chi connectivity index (χ1n) is 5.46. The first-order valence-corrected chi connectivity index (χ1v) is 7.92. The second kappa shape index (κ2) is 6.49. The van der Waals surface area contributed by atoms with E-state index in [0.717, 1.165) is 21.3 Å². The zero-order valence-electron chi connectivity index (χ0n) is 9.96. The number of halogens is 4. The van der Waals surface area contributed by atoms with Gasteiger partial charge in [0.05, 0.1) is 22.0 Å². The third kappa shape index (κ3) is 3.27. The van der Waals surface area contributed by atoms with E-state index in [1.54, 1.807) is 13.2 Å². The Bertz CT molecular complexity index is 602. The van der Waals surface area contributed by atoms with E-state index in [1.165, 1.54) is 0 Å². The van der Waals surface area contributed by atoms with Crippen LogP contribution in [0.15, 0.2) is 40.9 Å². The molecular weight excluding hydrogens is 415 g/mol. The average molecular weight is 425 g/mol. The molecule has 0 aliphatic heterocycles. The van der Waals surface area contributed by atoms with Crippen molar-refractivity contribution >= 4 is 55.1 Å². The topological polar surface area (TPSA) is 9.23 Å². The van der Waals surface area contributed by atoms with E-state index in [4.69, 9.17) is 27.9 Å². The Kier molecular flexibility index (Phi) is 5.18. The molecule has 1 atom stereocenters. The maximum atomic E-state index is 6.25. The molecule has 2 aromatic carbocycles. The Morgan fingerprint density at radius 1 is 1.11 bits per heavy atom. The van der Waals surface area contributed by atoms with Crippen LogP contribution >= 0.6 is 55.1 Å². The molecule has 5 heteroatoms. The summed E-state index contributed by atoms with van der Waals surface area (Å²) in [7, 11) is 1.64. The van der Waals surface area contributed by atoms with Gasteiger partial charge in [-0.2, -0.15) is 0 Å². The summed E-state index contributed by atoms with van der Waals surface area (Å²) in [5.74, 6) is 0.799. The molecule has 0 N–H and O–H groups in total. The lowest BCUT2D eigenvalue weighted by Gasteiger charge is -2.15. The van der Waals surface area contributed by atoms with E-state index in [0.29, 0.717) is 10.0 Å². The minimum atomic E-state index is -0.0426. The highest BCUT2D eigenvalue weighted by atomic mass is 79.9. The van der Waals surface area contributed by atoms with Crippen LogP contribution in [0.1, 0.15) is 16.0 Å². The van der Waals surface area contributed by atoms with Crippen molar-refractivity contribution in [2.24, 2.45) is 0 Å². The molecule has 0 saturated carbocycles. The van der Waals surface area contributed by atoms with Crippen LogP contribution in [-0.2, 0) is 0 Å². The van der Waals surface area contributed by atoms with Gasteiger partial charge in [-0.25, -0.2) is 0 Å². The Morgan fingerprint density at radius 3 is 2.47 bits per heavy atom. The van der Waals surface area contributed by atoms with Gasteiger partial charge in [0.2, 0.25) is 0 Å². The predicted molar refractivity (Wildman–Crippen MR) is 87.9 cm³/mol. The lowest BCUT2D eigenvalue weighted by atomic mass is 10.0. The predicted octanol–water partition coefficient (Wildman–Crippen LogP) is 6.25. The van der Waals surface area contributed by atoms with Crippen LogP contribution in [0.2, 0.25) is 10.0 Å².